The van der Waals surface area contributed by atoms with Gasteiger partial charge < -0.3 is 15.2 Å². The summed E-state index contributed by atoms with van der Waals surface area (Å²) in [4.78, 5) is 21.0. The molecule has 0 aromatic heterocycles. The molecular weight excluding hydrogens is 206 g/mol. The van der Waals surface area contributed by atoms with Gasteiger partial charge in [0, 0.05) is 6.54 Å². The Bertz CT molecular complexity index is 186. The minimum absolute atomic E-state index is 0.189. The zero-order chi connectivity index (χ0) is 10.8. The molecule has 0 spiro atoms. The molecule has 0 aromatic rings. The van der Waals surface area contributed by atoms with Crippen LogP contribution < -0.4 is 5.32 Å². The predicted molar refractivity (Wildman–Crippen MR) is 54.5 cm³/mol. The largest absolute Gasteiger partial charge is 0.480 e. The first-order valence-corrected chi connectivity index (χ1v) is 5.61. The van der Waals surface area contributed by atoms with Crippen molar-refractivity contribution in [1.82, 2.24) is 5.32 Å². The Labute approximate surface area is 87.2 Å². The third-order valence-electron chi connectivity index (χ3n) is 1.31. The SMILES string of the molecule is CSCCCNC(=O)COCC(=O)O. The molecule has 0 rings (SSSR count). The highest BCUT2D eigenvalue weighted by Crippen LogP contribution is 1.93. The van der Waals surface area contributed by atoms with E-state index in [1.165, 1.54) is 0 Å². The Morgan fingerprint density at radius 2 is 2.14 bits per heavy atom. The van der Waals surface area contributed by atoms with Crippen molar-refractivity contribution in [1.29, 1.82) is 0 Å². The maximum absolute atomic E-state index is 11.0. The second-order valence-electron chi connectivity index (χ2n) is 2.58. The average molecular weight is 221 g/mol. The van der Waals surface area contributed by atoms with Crippen molar-refractivity contribution in [3.05, 3.63) is 0 Å². The predicted octanol–water partition coefficient (Wildman–Crippen LogP) is -0.0431. The van der Waals surface area contributed by atoms with E-state index in [0.29, 0.717) is 6.54 Å². The summed E-state index contributed by atoms with van der Waals surface area (Å²) in [5, 5.41) is 10.8. The Kier molecular flexibility index (Phi) is 8.36. The molecule has 2 N–H and O–H groups in total. The number of hydrogen-bond acceptors (Lipinski definition) is 4. The molecule has 0 aromatic carbocycles. The van der Waals surface area contributed by atoms with Gasteiger partial charge in [-0.25, -0.2) is 4.79 Å². The van der Waals surface area contributed by atoms with Crippen LogP contribution in [-0.2, 0) is 14.3 Å². The van der Waals surface area contributed by atoms with Crippen molar-refractivity contribution in [3.63, 3.8) is 0 Å². The number of aliphatic carboxylic acids is 1. The van der Waals surface area contributed by atoms with E-state index in [1.807, 2.05) is 6.26 Å². The van der Waals surface area contributed by atoms with Crippen LogP contribution in [0.5, 0.6) is 0 Å². The Morgan fingerprint density at radius 3 is 2.71 bits per heavy atom. The molecule has 1 amide bonds. The van der Waals surface area contributed by atoms with Gasteiger partial charge in [-0.2, -0.15) is 11.8 Å². The molecule has 5 nitrogen and oxygen atoms in total. The summed E-state index contributed by atoms with van der Waals surface area (Å²) in [6, 6.07) is 0. The van der Waals surface area contributed by atoms with E-state index in [-0.39, 0.29) is 12.5 Å². The van der Waals surface area contributed by atoms with Crippen LogP contribution in [0.2, 0.25) is 0 Å². The first kappa shape index (κ1) is 13.2. The summed E-state index contributed by atoms with van der Waals surface area (Å²) in [5.74, 6) is -0.344. The van der Waals surface area contributed by atoms with Crippen LogP contribution in [0.3, 0.4) is 0 Å². The first-order chi connectivity index (χ1) is 6.66. The second kappa shape index (κ2) is 8.83. The van der Waals surface area contributed by atoms with Crippen LogP contribution in [-0.4, -0.2) is 48.8 Å². The number of amides is 1. The number of ether oxygens (including phenoxy) is 1. The molecule has 6 heteroatoms. The van der Waals surface area contributed by atoms with Gasteiger partial charge in [0.2, 0.25) is 5.91 Å². The van der Waals surface area contributed by atoms with Crippen molar-refractivity contribution in [2.45, 2.75) is 6.42 Å². The molecule has 0 aliphatic carbocycles. The third-order valence-corrected chi connectivity index (χ3v) is 2.00. The minimum atomic E-state index is -1.07. The van der Waals surface area contributed by atoms with Gasteiger partial charge in [0.15, 0.2) is 0 Å². The van der Waals surface area contributed by atoms with Crippen molar-refractivity contribution in [2.75, 3.05) is 31.8 Å². The van der Waals surface area contributed by atoms with E-state index < -0.39 is 12.6 Å². The van der Waals surface area contributed by atoms with E-state index in [2.05, 4.69) is 10.1 Å². The van der Waals surface area contributed by atoms with Crippen molar-refractivity contribution in [2.24, 2.45) is 0 Å². The molecule has 0 atom stereocenters. The van der Waals surface area contributed by atoms with Crippen LogP contribution >= 0.6 is 11.8 Å². The van der Waals surface area contributed by atoms with Gasteiger partial charge in [-0.05, 0) is 18.4 Å². The number of nitrogens with one attached hydrogen (secondary N) is 1. The van der Waals surface area contributed by atoms with Gasteiger partial charge in [0.05, 0.1) is 0 Å². The minimum Gasteiger partial charge on any atom is -0.480 e. The zero-order valence-electron chi connectivity index (χ0n) is 8.12. The summed E-state index contributed by atoms with van der Waals surface area (Å²) in [6.07, 6.45) is 2.91. The molecular formula is C8H15NO4S. The zero-order valence-corrected chi connectivity index (χ0v) is 8.93. The number of thioether (sulfide) groups is 1. The fraction of sp³-hybridized carbons (Fsp3) is 0.750. The smallest absolute Gasteiger partial charge is 0.329 e. The summed E-state index contributed by atoms with van der Waals surface area (Å²) >= 11 is 1.71. The molecule has 0 heterocycles. The van der Waals surface area contributed by atoms with Crippen LogP contribution in [0.25, 0.3) is 0 Å². The van der Waals surface area contributed by atoms with Crippen LogP contribution in [0, 0.1) is 0 Å². The third kappa shape index (κ3) is 9.34. The Morgan fingerprint density at radius 1 is 1.43 bits per heavy atom. The van der Waals surface area contributed by atoms with Crippen LogP contribution in [0.1, 0.15) is 6.42 Å². The Balaban J connectivity index is 3.24. The number of carboxylic acid groups (broad SMARTS) is 1. The second-order valence-corrected chi connectivity index (χ2v) is 3.57. The van der Waals surface area contributed by atoms with Gasteiger partial charge in [-0.1, -0.05) is 0 Å². The Hall–Kier alpha value is -0.750. The quantitative estimate of drug-likeness (QED) is 0.562. The summed E-state index contributed by atoms with van der Waals surface area (Å²) in [6.45, 7) is -0.0140. The van der Waals surface area contributed by atoms with Gasteiger partial charge in [-0.3, -0.25) is 4.79 Å². The lowest BCUT2D eigenvalue weighted by atomic mass is 10.4. The molecule has 0 aliphatic rings. The number of hydrogen-bond donors (Lipinski definition) is 2. The van der Waals surface area contributed by atoms with Gasteiger partial charge >= 0.3 is 5.97 Å². The van der Waals surface area contributed by atoms with E-state index in [1.54, 1.807) is 11.8 Å². The molecule has 0 aliphatic heterocycles. The molecule has 82 valence electrons. The van der Waals surface area contributed by atoms with Crippen molar-refractivity contribution < 1.29 is 19.4 Å². The highest BCUT2D eigenvalue weighted by molar-refractivity contribution is 7.98. The van der Waals surface area contributed by atoms with Gasteiger partial charge in [-0.15, -0.1) is 0 Å². The van der Waals surface area contributed by atoms with E-state index in [4.69, 9.17) is 5.11 Å². The van der Waals surface area contributed by atoms with Crippen molar-refractivity contribution in [3.8, 4) is 0 Å². The molecule has 0 bridgehead atoms. The lowest BCUT2D eigenvalue weighted by molar-refractivity contribution is -0.143. The fourth-order valence-electron chi connectivity index (χ4n) is 0.726. The highest BCUT2D eigenvalue weighted by Gasteiger charge is 2.02. The maximum atomic E-state index is 11.0. The fourth-order valence-corrected chi connectivity index (χ4v) is 1.16. The molecule has 0 radical (unpaired) electrons. The van der Waals surface area contributed by atoms with E-state index in [0.717, 1.165) is 12.2 Å². The first-order valence-electron chi connectivity index (χ1n) is 4.22. The van der Waals surface area contributed by atoms with Crippen LogP contribution in [0.4, 0.5) is 0 Å². The lowest BCUT2D eigenvalue weighted by Gasteiger charge is -2.03. The lowest BCUT2D eigenvalue weighted by Crippen LogP contribution is -2.29. The monoisotopic (exact) mass is 221 g/mol. The number of carboxylic acids is 1. The molecule has 0 fully saturated rings. The molecule has 0 saturated heterocycles. The maximum Gasteiger partial charge on any atom is 0.329 e. The van der Waals surface area contributed by atoms with E-state index >= 15 is 0 Å². The highest BCUT2D eigenvalue weighted by atomic mass is 32.2. The number of carbonyl (C=O) groups is 2. The summed E-state index contributed by atoms with van der Waals surface area (Å²) < 4.78 is 4.60. The topological polar surface area (TPSA) is 75.6 Å². The number of rotatable bonds is 8. The average Bonchev–Trinajstić information content (AvgIpc) is 2.12. The molecule has 0 unspecified atom stereocenters. The summed E-state index contributed by atoms with van der Waals surface area (Å²) in [7, 11) is 0. The number of carbonyl (C=O) groups excluding carboxylic acids is 1. The van der Waals surface area contributed by atoms with Crippen molar-refractivity contribution >= 4 is 23.6 Å². The van der Waals surface area contributed by atoms with Gasteiger partial charge in [0.25, 0.3) is 0 Å². The van der Waals surface area contributed by atoms with Crippen LogP contribution in [0.15, 0.2) is 0 Å². The molecule has 0 saturated carbocycles. The summed E-state index contributed by atoms with van der Waals surface area (Å²) in [5.41, 5.74) is 0. The standard InChI is InChI=1S/C8H15NO4S/c1-14-4-2-3-9-7(10)5-13-6-8(11)12/h2-6H2,1H3,(H,9,10)(H,11,12). The molecule has 14 heavy (non-hydrogen) atoms. The van der Waals surface area contributed by atoms with E-state index in [9.17, 15) is 9.59 Å². The van der Waals surface area contributed by atoms with Gasteiger partial charge in [0.1, 0.15) is 13.2 Å². The normalized spacial score (nSPS) is 9.79.